The van der Waals surface area contributed by atoms with Crippen LogP contribution in [-0.4, -0.2) is 101 Å². The van der Waals surface area contributed by atoms with E-state index in [9.17, 15) is 24.3 Å². The Bertz CT molecular complexity index is 1590. The van der Waals surface area contributed by atoms with Gasteiger partial charge in [-0.1, -0.05) is 58.4 Å². The largest absolute Gasteiger partial charge is 0.497 e. The molecule has 51 heavy (non-hydrogen) atoms. The number of likely N-dealkylation sites (tertiary alicyclic amines) is 1. The molecule has 2 aromatic carbocycles. The number of hydrogen-bond donors (Lipinski definition) is 1. The molecule has 3 aliphatic rings. The van der Waals surface area contributed by atoms with E-state index in [4.69, 9.17) is 14.2 Å². The molecule has 3 fully saturated rings. The van der Waals surface area contributed by atoms with Gasteiger partial charge in [0.05, 0.1) is 31.1 Å². The summed E-state index contributed by atoms with van der Waals surface area (Å²) in [5.74, 6) is -2.82. The van der Waals surface area contributed by atoms with Gasteiger partial charge in [0.25, 0.3) is 5.91 Å². The van der Waals surface area contributed by atoms with Gasteiger partial charge in [0.2, 0.25) is 11.8 Å². The number of amides is 3. The lowest BCUT2D eigenvalue weighted by Crippen LogP contribution is -2.57. The maximum atomic E-state index is 14.8. The van der Waals surface area contributed by atoms with Crippen molar-refractivity contribution in [1.29, 1.82) is 0 Å². The molecule has 12 heteroatoms. The lowest BCUT2D eigenvalue weighted by molar-refractivity contribution is -0.164. The number of alkyl halides is 1. The van der Waals surface area contributed by atoms with Gasteiger partial charge in [-0.15, -0.1) is 13.2 Å². The monoisotopic (exact) mass is 765 g/mol. The number of aliphatic hydroxyl groups excluding tert-OH is 1. The van der Waals surface area contributed by atoms with Gasteiger partial charge in [0.15, 0.2) is 0 Å². The van der Waals surface area contributed by atoms with Crippen LogP contribution in [0, 0.1) is 11.8 Å². The second kappa shape index (κ2) is 16.6. The molecule has 11 nitrogen and oxygen atoms in total. The lowest BCUT2D eigenvalue weighted by atomic mass is 9.70. The molecular weight excluding hydrogens is 718 g/mol. The van der Waals surface area contributed by atoms with E-state index in [1.54, 1.807) is 60.4 Å². The first-order chi connectivity index (χ1) is 24.5. The number of aliphatic hydroxyl groups is 1. The van der Waals surface area contributed by atoms with Gasteiger partial charge in [-0.25, -0.2) is 0 Å². The molecule has 1 spiro atoms. The molecule has 3 amide bonds. The zero-order valence-corrected chi connectivity index (χ0v) is 31.1. The number of likely N-dealkylation sites (N-methyl/N-ethyl adjacent to an activating group) is 1. The van der Waals surface area contributed by atoms with E-state index < -0.39 is 47.7 Å². The van der Waals surface area contributed by atoms with E-state index in [0.29, 0.717) is 42.7 Å². The minimum atomic E-state index is -1.31. The van der Waals surface area contributed by atoms with Crippen LogP contribution in [0.4, 0.5) is 5.69 Å². The Morgan fingerprint density at radius 1 is 1.12 bits per heavy atom. The van der Waals surface area contributed by atoms with E-state index in [1.807, 2.05) is 37.3 Å². The summed E-state index contributed by atoms with van der Waals surface area (Å²) in [5.41, 5.74) is -0.0202. The fraction of sp³-hybridized carbons (Fsp3) is 0.487. The van der Waals surface area contributed by atoms with E-state index >= 15 is 0 Å². The molecule has 3 aliphatic heterocycles. The van der Waals surface area contributed by atoms with Crippen molar-refractivity contribution in [1.82, 2.24) is 9.80 Å². The predicted octanol–water partition coefficient (Wildman–Crippen LogP) is 4.83. The number of nitrogens with zero attached hydrogens (tertiary/aromatic N) is 3. The number of anilines is 1. The van der Waals surface area contributed by atoms with Crippen LogP contribution < -0.4 is 9.64 Å². The fourth-order valence-electron chi connectivity index (χ4n) is 7.80. The number of hydrogen-bond acceptors (Lipinski definition) is 8. The number of benzene rings is 2. The fourth-order valence-corrected chi connectivity index (χ4v) is 8.74. The maximum Gasteiger partial charge on any atom is 0.313 e. The molecule has 1 N–H and O–H groups in total. The third-order valence-corrected chi connectivity index (χ3v) is 11.3. The predicted molar refractivity (Wildman–Crippen MR) is 196 cm³/mol. The van der Waals surface area contributed by atoms with Crippen molar-refractivity contribution in [2.45, 2.75) is 73.7 Å². The van der Waals surface area contributed by atoms with E-state index in [-0.39, 0.29) is 48.7 Å². The highest BCUT2D eigenvalue weighted by Gasteiger charge is 2.77. The van der Waals surface area contributed by atoms with Crippen LogP contribution in [0.3, 0.4) is 0 Å². The third kappa shape index (κ3) is 7.36. The van der Waals surface area contributed by atoms with Crippen LogP contribution in [0.1, 0.15) is 50.7 Å². The highest BCUT2D eigenvalue weighted by Crippen LogP contribution is 2.60. The minimum Gasteiger partial charge on any atom is -0.497 e. The van der Waals surface area contributed by atoms with Crippen molar-refractivity contribution in [2.75, 3.05) is 38.8 Å². The topological polar surface area (TPSA) is 126 Å². The van der Waals surface area contributed by atoms with Gasteiger partial charge < -0.3 is 34.0 Å². The van der Waals surface area contributed by atoms with Crippen molar-refractivity contribution < 1.29 is 38.5 Å². The number of ether oxygens (including phenoxy) is 3. The number of methoxy groups -OCH3 is 1. The maximum absolute atomic E-state index is 14.8. The normalized spacial score (nSPS) is 25.9. The molecule has 8 atom stereocenters. The molecule has 1 unspecified atom stereocenters. The van der Waals surface area contributed by atoms with Gasteiger partial charge in [0.1, 0.15) is 23.5 Å². The van der Waals surface area contributed by atoms with Gasteiger partial charge in [-0.05, 0) is 62.4 Å². The van der Waals surface area contributed by atoms with Crippen molar-refractivity contribution in [3.63, 3.8) is 0 Å². The average Bonchev–Trinajstić information content (AvgIpc) is 3.74. The summed E-state index contributed by atoms with van der Waals surface area (Å²) in [6.45, 7) is 9.71. The smallest absolute Gasteiger partial charge is 0.313 e. The third-order valence-electron chi connectivity index (χ3n) is 10.4. The Kier molecular flexibility index (Phi) is 12.4. The number of carbonyl (C=O) groups excluding carboxylic acids is 4. The Morgan fingerprint density at radius 2 is 1.82 bits per heavy atom. The number of halogens is 1. The number of carbonyl (C=O) groups is 4. The number of unbranched alkanes of at least 4 members (excludes halogenated alkanes) is 1. The average molecular weight is 767 g/mol. The molecule has 0 aromatic heterocycles. The quantitative estimate of drug-likeness (QED) is 0.105. The first-order valence-electron chi connectivity index (χ1n) is 17.5. The summed E-state index contributed by atoms with van der Waals surface area (Å²) in [5, 5.41) is 9.56. The Balaban J connectivity index is 1.51. The molecule has 3 saturated heterocycles. The molecule has 5 rings (SSSR count). The van der Waals surface area contributed by atoms with E-state index in [2.05, 4.69) is 29.1 Å². The Labute approximate surface area is 308 Å². The Hall–Kier alpha value is -4.00. The van der Waals surface area contributed by atoms with Crippen molar-refractivity contribution >= 4 is 45.3 Å². The van der Waals surface area contributed by atoms with Crippen LogP contribution in [-0.2, 0) is 28.7 Å². The first kappa shape index (κ1) is 38.2. The SMILES string of the molecule is C=CCCC(=O)N(C)[C@@H](C)[C@@H](OC(=O)[C@@H]1[C@H]2O[C@@]3(CC2Br)[C@H](C(=O)N(CC=C)c2ccc(OC)cc2)N(CCCCO)C(=O)[C@@H]13)c1ccccc1. The molecular formula is C39H48BrN3O8. The second-order valence-corrected chi connectivity index (χ2v) is 14.6. The standard InChI is InChI=1S/C39H48BrN3O8/c1-6-8-16-30(45)41(4)25(3)33(26-14-10-9-11-15-26)50-38(48)31-32-36(46)43(22-12-13-23-44)35(39(32)24-29(40)34(31)51-39)37(47)42(21-7-2)27-17-19-28(49-5)20-18-27/h6-7,9-11,14-15,17-20,25,29,31-35,44H,1-2,8,12-13,16,21-24H2,3-5H3/t25-,29?,31-,32+,33+,34-,35-,39+/m0/s1. The van der Waals surface area contributed by atoms with Gasteiger partial charge >= 0.3 is 5.97 Å². The zero-order valence-electron chi connectivity index (χ0n) is 29.5. The molecule has 0 saturated carbocycles. The van der Waals surface area contributed by atoms with E-state index in [1.165, 1.54) is 4.90 Å². The molecule has 2 bridgehead atoms. The van der Waals surface area contributed by atoms with Crippen molar-refractivity contribution in [3.05, 3.63) is 85.5 Å². The second-order valence-electron chi connectivity index (χ2n) is 13.4. The summed E-state index contributed by atoms with van der Waals surface area (Å²) in [6, 6.07) is 14.7. The first-order valence-corrected chi connectivity index (χ1v) is 18.4. The van der Waals surface area contributed by atoms with Crippen LogP contribution in [0.25, 0.3) is 0 Å². The molecule has 0 radical (unpaired) electrons. The number of rotatable bonds is 17. The zero-order chi connectivity index (χ0) is 36.9. The van der Waals surface area contributed by atoms with Gasteiger partial charge in [0, 0.05) is 43.7 Å². The number of fused-ring (bicyclic) bond motifs is 1. The summed E-state index contributed by atoms with van der Waals surface area (Å²) in [4.78, 5) is 61.3. The lowest BCUT2D eigenvalue weighted by Gasteiger charge is -2.37. The summed E-state index contributed by atoms with van der Waals surface area (Å²) < 4.78 is 18.4. The summed E-state index contributed by atoms with van der Waals surface area (Å²) in [6.07, 6.45) is 3.74. The summed E-state index contributed by atoms with van der Waals surface area (Å²) in [7, 11) is 3.25. The molecule has 2 aromatic rings. The van der Waals surface area contributed by atoms with Crippen molar-refractivity contribution in [3.8, 4) is 5.75 Å². The number of allylic oxidation sites excluding steroid dienone is 1. The van der Waals surface area contributed by atoms with Crippen LogP contribution in [0.15, 0.2) is 79.9 Å². The molecule has 274 valence electrons. The summed E-state index contributed by atoms with van der Waals surface area (Å²) >= 11 is 3.74. The van der Waals surface area contributed by atoms with Crippen LogP contribution in [0.2, 0.25) is 0 Å². The number of esters is 1. The highest BCUT2D eigenvalue weighted by atomic mass is 79.9. The Morgan fingerprint density at radius 3 is 2.45 bits per heavy atom. The minimum absolute atomic E-state index is 0.0652. The highest BCUT2D eigenvalue weighted by molar-refractivity contribution is 9.09. The van der Waals surface area contributed by atoms with E-state index in [0.717, 1.165) is 0 Å². The molecule has 3 heterocycles. The van der Waals surface area contributed by atoms with Crippen LogP contribution >= 0.6 is 15.9 Å². The van der Waals surface area contributed by atoms with Crippen LogP contribution in [0.5, 0.6) is 5.75 Å². The van der Waals surface area contributed by atoms with Crippen molar-refractivity contribution in [2.24, 2.45) is 11.8 Å². The molecule has 0 aliphatic carbocycles. The van der Waals surface area contributed by atoms with Gasteiger partial charge in [-0.3, -0.25) is 19.2 Å². The van der Waals surface area contributed by atoms with Gasteiger partial charge in [-0.2, -0.15) is 0 Å².